The number of amides is 1. The van der Waals surface area contributed by atoms with Crippen molar-refractivity contribution < 1.29 is 14.6 Å². The highest BCUT2D eigenvalue weighted by Gasteiger charge is 2.21. The van der Waals surface area contributed by atoms with Crippen molar-refractivity contribution in [3.05, 3.63) is 48.6 Å². The van der Waals surface area contributed by atoms with Gasteiger partial charge in [-0.25, -0.2) is 4.79 Å². The van der Waals surface area contributed by atoms with Crippen LogP contribution >= 0.6 is 0 Å². The molecule has 1 amide bonds. The second-order valence-electron chi connectivity index (χ2n) is 5.65. The van der Waals surface area contributed by atoms with Gasteiger partial charge in [-0.1, -0.05) is 36.4 Å². The van der Waals surface area contributed by atoms with E-state index in [0.717, 1.165) is 5.56 Å². The number of nitrogens with one attached hydrogen (secondary N) is 1. The fourth-order valence-corrected chi connectivity index (χ4v) is 1.75. The van der Waals surface area contributed by atoms with E-state index in [-0.39, 0.29) is 6.04 Å². The van der Waals surface area contributed by atoms with Gasteiger partial charge >= 0.3 is 6.09 Å². The molecule has 0 aliphatic rings. The lowest BCUT2D eigenvalue weighted by molar-refractivity contribution is 0.0490. The molecule has 0 aliphatic carbocycles. The van der Waals surface area contributed by atoms with Gasteiger partial charge in [-0.3, -0.25) is 0 Å². The highest BCUT2D eigenvalue weighted by atomic mass is 16.6. The monoisotopic (exact) mass is 277 g/mol. The molecule has 0 saturated heterocycles. The number of alkyl carbamates (subject to hydrolysis) is 1. The summed E-state index contributed by atoms with van der Waals surface area (Å²) in [7, 11) is 0. The maximum absolute atomic E-state index is 11.9. The summed E-state index contributed by atoms with van der Waals surface area (Å²) in [6, 6.07) is 9.16. The van der Waals surface area contributed by atoms with E-state index < -0.39 is 17.8 Å². The average molecular weight is 277 g/mol. The normalized spacial score (nSPS) is 14.2. The van der Waals surface area contributed by atoms with E-state index in [1.54, 1.807) is 0 Å². The second kappa shape index (κ2) is 7.10. The van der Waals surface area contributed by atoms with Gasteiger partial charge in [0.1, 0.15) is 5.60 Å². The first-order valence-electron chi connectivity index (χ1n) is 6.67. The van der Waals surface area contributed by atoms with Crippen molar-refractivity contribution in [2.45, 2.75) is 44.9 Å². The molecule has 1 aromatic rings. The number of benzene rings is 1. The van der Waals surface area contributed by atoms with Crippen molar-refractivity contribution in [3.8, 4) is 0 Å². The first-order valence-corrected chi connectivity index (χ1v) is 6.67. The molecule has 4 nitrogen and oxygen atoms in total. The molecule has 0 bridgehead atoms. The van der Waals surface area contributed by atoms with E-state index in [4.69, 9.17) is 4.74 Å². The van der Waals surface area contributed by atoms with E-state index >= 15 is 0 Å². The Morgan fingerprint density at radius 3 is 2.50 bits per heavy atom. The van der Waals surface area contributed by atoms with Crippen LogP contribution in [0, 0.1) is 0 Å². The first kappa shape index (κ1) is 16.2. The number of aliphatic hydroxyl groups is 1. The van der Waals surface area contributed by atoms with Crippen LogP contribution in [-0.4, -0.2) is 22.9 Å². The smallest absolute Gasteiger partial charge is 0.408 e. The zero-order chi connectivity index (χ0) is 15.2. The molecule has 1 aromatic carbocycles. The van der Waals surface area contributed by atoms with Gasteiger partial charge in [0.25, 0.3) is 0 Å². The minimum atomic E-state index is -0.685. The highest BCUT2D eigenvalue weighted by Crippen LogP contribution is 2.19. The Labute approximate surface area is 120 Å². The number of carbonyl (C=O) groups excluding carboxylic acids is 1. The van der Waals surface area contributed by atoms with Gasteiger partial charge in [0.2, 0.25) is 0 Å². The summed E-state index contributed by atoms with van der Waals surface area (Å²) in [5.74, 6) is 0. The molecule has 0 aliphatic heterocycles. The van der Waals surface area contributed by atoms with E-state index in [9.17, 15) is 9.90 Å². The molecule has 0 fully saturated rings. The predicted octanol–water partition coefficient (Wildman–Crippen LogP) is 3.19. The predicted molar refractivity (Wildman–Crippen MR) is 79.4 cm³/mol. The van der Waals surface area contributed by atoms with Gasteiger partial charge in [-0.15, -0.1) is 6.58 Å². The fourth-order valence-electron chi connectivity index (χ4n) is 1.75. The number of hydrogen-bond donors (Lipinski definition) is 2. The lowest BCUT2D eigenvalue weighted by Gasteiger charge is -2.24. The van der Waals surface area contributed by atoms with Crippen LogP contribution in [0.3, 0.4) is 0 Å². The van der Waals surface area contributed by atoms with Crippen LogP contribution in [0.15, 0.2) is 43.0 Å². The summed E-state index contributed by atoms with van der Waals surface area (Å²) >= 11 is 0. The Morgan fingerprint density at radius 2 is 2.00 bits per heavy atom. The molecule has 2 atom stereocenters. The molecule has 0 aromatic heterocycles. The van der Waals surface area contributed by atoms with Gasteiger partial charge in [0.15, 0.2) is 0 Å². The molecule has 1 rings (SSSR count). The maximum atomic E-state index is 11.9. The maximum Gasteiger partial charge on any atom is 0.408 e. The third-order valence-corrected chi connectivity index (χ3v) is 2.64. The zero-order valence-corrected chi connectivity index (χ0v) is 12.3. The quantitative estimate of drug-likeness (QED) is 0.813. The van der Waals surface area contributed by atoms with Crippen molar-refractivity contribution in [2.75, 3.05) is 0 Å². The van der Waals surface area contributed by atoms with Crippen LogP contribution in [0.25, 0.3) is 0 Å². The van der Waals surface area contributed by atoms with Crippen LogP contribution in [0.5, 0.6) is 0 Å². The molecular weight excluding hydrogens is 254 g/mol. The van der Waals surface area contributed by atoms with E-state index in [1.165, 1.54) is 6.08 Å². The topological polar surface area (TPSA) is 58.6 Å². The summed E-state index contributed by atoms with van der Waals surface area (Å²) in [5, 5.41) is 12.5. The summed E-state index contributed by atoms with van der Waals surface area (Å²) < 4.78 is 5.25. The van der Waals surface area contributed by atoms with Crippen molar-refractivity contribution >= 4 is 6.09 Å². The Kier molecular flexibility index (Phi) is 5.77. The third kappa shape index (κ3) is 5.89. The van der Waals surface area contributed by atoms with Crippen molar-refractivity contribution in [2.24, 2.45) is 0 Å². The molecule has 0 saturated carbocycles. The van der Waals surface area contributed by atoms with Crippen LogP contribution in [0.2, 0.25) is 0 Å². The van der Waals surface area contributed by atoms with E-state index in [0.29, 0.717) is 6.42 Å². The van der Waals surface area contributed by atoms with Gasteiger partial charge in [-0.05, 0) is 26.3 Å². The fraction of sp³-hybridized carbons (Fsp3) is 0.438. The Hall–Kier alpha value is -1.81. The first-order chi connectivity index (χ1) is 9.31. The highest BCUT2D eigenvalue weighted by molar-refractivity contribution is 5.68. The minimum Gasteiger partial charge on any atom is -0.444 e. The third-order valence-electron chi connectivity index (χ3n) is 2.64. The van der Waals surface area contributed by atoms with Crippen molar-refractivity contribution in [1.29, 1.82) is 0 Å². The largest absolute Gasteiger partial charge is 0.444 e. The summed E-state index contributed by atoms with van der Waals surface area (Å²) in [5.41, 5.74) is 0.363. The molecular formula is C16H23NO3. The number of hydrogen-bond acceptors (Lipinski definition) is 3. The van der Waals surface area contributed by atoms with Crippen molar-refractivity contribution in [1.82, 2.24) is 5.32 Å². The molecule has 20 heavy (non-hydrogen) atoms. The molecule has 0 heterocycles. The SMILES string of the molecule is C=C[C@@H](O)C[C@H](NC(=O)OC(C)(C)C)c1ccccc1. The molecule has 0 unspecified atom stereocenters. The number of ether oxygens (including phenoxy) is 1. The lowest BCUT2D eigenvalue weighted by atomic mass is 10.0. The molecule has 2 N–H and O–H groups in total. The zero-order valence-electron chi connectivity index (χ0n) is 12.3. The van der Waals surface area contributed by atoms with Gasteiger partial charge in [-0.2, -0.15) is 0 Å². The molecule has 4 heteroatoms. The minimum absolute atomic E-state index is 0.320. The van der Waals surface area contributed by atoms with Gasteiger partial charge in [0, 0.05) is 6.42 Å². The Bertz CT molecular complexity index is 437. The lowest BCUT2D eigenvalue weighted by Crippen LogP contribution is -2.36. The number of aliphatic hydroxyl groups excluding tert-OH is 1. The van der Waals surface area contributed by atoms with Crippen LogP contribution in [0.4, 0.5) is 4.79 Å². The summed E-state index contributed by atoms with van der Waals surface area (Å²) in [6.07, 6.45) is 0.622. The van der Waals surface area contributed by atoms with Crippen LogP contribution in [-0.2, 0) is 4.74 Å². The van der Waals surface area contributed by atoms with Crippen LogP contribution in [0.1, 0.15) is 38.8 Å². The molecule has 110 valence electrons. The second-order valence-corrected chi connectivity index (χ2v) is 5.65. The molecule has 0 radical (unpaired) electrons. The number of rotatable bonds is 5. The van der Waals surface area contributed by atoms with E-state index in [1.807, 2.05) is 51.1 Å². The van der Waals surface area contributed by atoms with Crippen LogP contribution < -0.4 is 5.32 Å². The van der Waals surface area contributed by atoms with Gasteiger partial charge < -0.3 is 15.2 Å². The standard InChI is InChI=1S/C16H23NO3/c1-5-13(18)11-14(12-9-7-6-8-10-12)17-15(19)20-16(2,3)4/h5-10,13-14,18H,1,11H2,2-4H3,(H,17,19)/t13-,14+/m1/s1. The average Bonchev–Trinajstić information content (AvgIpc) is 2.36. The number of carbonyl (C=O) groups is 1. The van der Waals surface area contributed by atoms with Gasteiger partial charge in [0.05, 0.1) is 12.1 Å². The van der Waals surface area contributed by atoms with Crippen molar-refractivity contribution in [3.63, 3.8) is 0 Å². The summed E-state index contributed by atoms with van der Waals surface area (Å²) in [6.45, 7) is 8.98. The van der Waals surface area contributed by atoms with E-state index in [2.05, 4.69) is 11.9 Å². The molecule has 0 spiro atoms. The summed E-state index contributed by atoms with van der Waals surface area (Å²) in [4.78, 5) is 11.9. The Balaban J connectivity index is 2.78. The Morgan fingerprint density at radius 1 is 1.40 bits per heavy atom.